The van der Waals surface area contributed by atoms with Crippen molar-refractivity contribution in [3.05, 3.63) is 27.3 Å². The second-order valence-electron chi connectivity index (χ2n) is 4.83. The molecule has 0 aliphatic carbocycles. The van der Waals surface area contributed by atoms with E-state index in [1.165, 1.54) is 6.92 Å². The zero-order valence-corrected chi connectivity index (χ0v) is 14.5. The van der Waals surface area contributed by atoms with Gasteiger partial charge in [0.25, 0.3) is 0 Å². The second-order valence-corrected chi connectivity index (χ2v) is 5.99. The summed E-state index contributed by atoms with van der Waals surface area (Å²) in [6.07, 6.45) is 0. The number of nitrogens with one attached hydrogen (secondary N) is 1. The molecule has 116 valence electrons. The van der Waals surface area contributed by atoms with Gasteiger partial charge in [-0.3, -0.25) is 14.5 Å². The molecule has 21 heavy (non-hydrogen) atoms. The maximum absolute atomic E-state index is 12.3. The lowest BCUT2D eigenvalue weighted by Gasteiger charge is -2.25. The Morgan fingerprint density at radius 2 is 2.00 bits per heavy atom. The van der Waals surface area contributed by atoms with Crippen LogP contribution in [0.4, 0.5) is 0 Å². The molecule has 6 nitrogen and oxygen atoms in total. The van der Waals surface area contributed by atoms with Gasteiger partial charge in [-0.1, -0.05) is 6.07 Å². The Morgan fingerprint density at radius 1 is 1.38 bits per heavy atom. The van der Waals surface area contributed by atoms with Crippen LogP contribution in [-0.4, -0.2) is 49.1 Å². The van der Waals surface area contributed by atoms with Gasteiger partial charge in [0.15, 0.2) is 0 Å². The largest absolute Gasteiger partial charge is 0.496 e. The first kappa shape index (κ1) is 17.7. The number of carbonyl (C=O) groups excluding carboxylic acids is 1. The van der Waals surface area contributed by atoms with E-state index in [4.69, 9.17) is 9.84 Å². The Labute approximate surface area is 137 Å². The minimum absolute atomic E-state index is 0.351. The van der Waals surface area contributed by atoms with Crippen LogP contribution in [0.25, 0.3) is 0 Å². The molecule has 1 rings (SSSR count). The van der Waals surface area contributed by atoms with E-state index < -0.39 is 18.1 Å². The number of methoxy groups -OCH3 is 1. The Bertz CT molecular complexity index is 534. The number of hydrogen-bond acceptors (Lipinski definition) is 4. The van der Waals surface area contributed by atoms with Crippen LogP contribution in [-0.2, 0) is 9.59 Å². The number of rotatable bonds is 6. The van der Waals surface area contributed by atoms with Gasteiger partial charge in [-0.15, -0.1) is 0 Å². The van der Waals surface area contributed by atoms with Crippen LogP contribution in [0, 0.1) is 3.57 Å². The van der Waals surface area contributed by atoms with Crippen molar-refractivity contribution in [2.75, 3.05) is 21.2 Å². The third kappa shape index (κ3) is 4.57. The summed E-state index contributed by atoms with van der Waals surface area (Å²) in [5, 5.41) is 11.4. The fourth-order valence-corrected chi connectivity index (χ4v) is 2.65. The molecule has 0 spiro atoms. The molecule has 0 radical (unpaired) electrons. The van der Waals surface area contributed by atoms with E-state index in [0.717, 1.165) is 14.9 Å². The van der Waals surface area contributed by atoms with Crippen molar-refractivity contribution in [2.45, 2.75) is 19.0 Å². The number of carboxylic acid groups (broad SMARTS) is 1. The topological polar surface area (TPSA) is 78.9 Å². The van der Waals surface area contributed by atoms with Crippen molar-refractivity contribution < 1.29 is 19.4 Å². The van der Waals surface area contributed by atoms with Crippen molar-refractivity contribution in [3.8, 4) is 5.75 Å². The summed E-state index contributed by atoms with van der Waals surface area (Å²) in [6.45, 7) is 1.44. The first-order valence-corrected chi connectivity index (χ1v) is 7.38. The quantitative estimate of drug-likeness (QED) is 0.701. The average Bonchev–Trinajstić information content (AvgIpc) is 2.38. The molecule has 1 amide bonds. The summed E-state index contributed by atoms with van der Waals surface area (Å²) in [6, 6.07) is 3.95. The van der Waals surface area contributed by atoms with Gasteiger partial charge in [0.05, 0.1) is 10.7 Å². The van der Waals surface area contributed by atoms with E-state index in [0.29, 0.717) is 0 Å². The van der Waals surface area contributed by atoms with Gasteiger partial charge >= 0.3 is 5.97 Å². The second kappa shape index (κ2) is 7.60. The van der Waals surface area contributed by atoms with Gasteiger partial charge in [-0.25, -0.2) is 0 Å². The first-order chi connectivity index (χ1) is 9.77. The van der Waals surface area contributed by atoms with Crippen LogP contribution in [0.1, 0.15) is 18.5 Å². The molecule has 0 saturated carbocycles. The Hall–Kier alpha value is -1.35. The lowest BCUT2D eigenvalue weighted by molar-refractivity contribution is -0.142. The van der Waals surface area contributed by atoms with Crippen molar-refractivity contribution >= 4 is 34.5 Å². The summed E-state index contributed by atoms with van der Waals surface area (Å²) in [5.74, 6) is -0.683. The van der Waals surface area contributed by atoms with Crippen LogP contribution < -0.4 is 10.1 Å². The summed E-state index contributed by atoms with van der Waals surface area (Å²) in [4.78, 5) is 24.9. The van der Waals surface area contributed by atoms with E-state index in [2.05, 4.69) is 27.9 Å². The molecule has 0 aliphatic rings. The maximum Gasteiger partial charge on any atom is 0.325 e. The molecule has 0 saturated heterocycles. The van der Waals surface area contributed by atoms with Crippen molar-refractivity contribution in [2.24, 2.45) is 0 Å². The zero-order chi connectivity index (χ0) is 16.2. The minimum Gasteiger partial charge on any atom is -0.496 e. The van der Waals surface area contributed by atoms with Gasteiger partial charge in [0.1, 0.15) is 17.8 Å². The Balaban J connectivity index is 3.04. The number of benzene rings is 1. The number of hydrogen-bond donors (Lipinski definition) is 2. The summed E-state index contributed by atoms with van der Waals surface area (Å²) >= 11 is 2.13. The summed E-state index contributed by atoms with van der Waals surface area (Å²) < 4.78 is 6.08. The highest BCUT2D eigenvalue weighted by molar-refractivity contribution is 14.1. The van der Waals surface area contributed by atoms with Crippen LogP contribution in [0.3, 0.4) is 0 Å². The van der Waals surface area contributed by atoms with Crippen LogP contribution in [0.2, 0.25) is 0 Å². The van der Waals surface area contributed by atoms with Crippen molar-refractivity contribution in [1.82, 2.24) is 10.2 Å². The standard InChI is InChI=1S/C14H19IN2O4/c1-8(14(19)20)16-13(18)12(17(2)3)9-5-6-11(21-4)10(15)7-9/h5-8,12H,1-4H3,(H,16,18)(H,19,20)/t8-,12-/m0/s1. The molecular weight excluding hydrogens is 387 g/mol. The Kier molecular flexibility index (Phi) is 6.41. The molecule has 0 aromatic heterocycles. The highest BCUT2D eigenvalue weighted by Gasteiger charge is 2.26. The average molecular weight is 406 g/mol. The van der Waals surface area contributed by atoms with E-state index >= 15 is 0 Å². The number of nitrogens with zero attached hydrogens (tertiary/aromatic N) is 1. The Morgan fingerprint density at radius 3 is 2.43 bits per heavy atom. The fraction of sp³-hybridized carbons (Fsp3) is 0.429. The molecule has 0 aliphatic heterocycles. The first-order valence-electron chi connectivity index (χ1n) is 6.31. The molecule has 0 heterocycles. The monoisotopic (exact) mass is 406 g/mol. The van der Waals surface area contributed by atoms with E-state index in [1.54, 1.807) is 38.2 Å². The molecule has 1 aromatic rings. The third-order valence-corrected chi connectivity index (χ3v) is 3.83. The lowest BCUT2D eigenvalue weighted by atomic mass is 10.0. The van der Waals surface area contributed by atoms with E-state index in [1.807, 2.05) is 6.07 Å². The molecule has 0 fully saturated rings. The summed E-state index contributed by atoms with van der Waals surface area (Å²) in [7, 11) is 5.13. The predicted molar refractivity (Wildman–Crippen MR) is 87.4 cm³/mol. The van der Waals surface area contributed by atoms with Gasteiger partial charge in [0.2, 0.25) is 5.91 Å². The highest BCUT2D eigenvalue weighted by atomic mass is 127. The highest BCUT2D eigenvalue weighted by Crippen LogP contribution is 2.27. The smallest absolute Gasteiger partial charge is 0.325 e. The zero-order valence-electron chi connectivity index (χ0n) is 12.4. The number of ether oxygens (including phenoxy) is 1. The van der Waals surface area contributed by atoms with Gasteiger partial charge in [-0.2, -0.15) is 0 Å². The predicted octanol–water partition coefficient (Wildman–Crippen LogP) is 1.49. The number of halogens is 1. The van der Waals surface area contributed by atoms with E-state index in [9.17, 15) is 9.59 Å². The molecule has 7 heteroatoms. The molecule has 2 N–H and O–H groups in total. The number of carbonyl (C=O) groups is 2. The lowest BCUT2D eigenvalue weighted by Crippen LogP contribution is -2.44. The normalized spacial score (nSPS) is 13.6. The molecule has 0 bridgehead atoms. The molecule has 1 aromatic carbocycles. The molecule has 0 unspecified atom stereocenters. The number of aliphatic carboxylic acids is 1. The van der Waals surface area contributed by atoms with Crippen LogP contribution >= 0.6 is 22.6 Å². The number of amides is 1. The fourth-order valence-electron chi connectivity index (χ4n) is 1.89. The SMILES string of the molecule is COc1ccc([C@@H](C(=O)N[C@@H](C)C(=O)O)N(C)C)cc1I. The van der Waals surface area contributed by atoms with Crippen LogP contribution in [0.15, 0.2) is 18.2 Å². The van der Waals surface area contributed by atoms with Gasteiger partial charge in [-0.05, 0) is 61.3 Å². The van der Waals surface area contributed by atoms with Gasteiger partial charge < -0.3 is 15.2 Å². The minimum atomic E-state index is -1.06. The summed E-state index contributed by atoms with van der Waals surface area (Å²) in [5.41, 5.74) is 0.778. The van der Waals surface area contributed by atoms with E-state index in [-0.39, 0.29) is 5.91 Å². The van der Waals surface area contributed by atoms with Crippen molar-refractivity contribution in [1.29, 1.82) is 0 Å². The van der Waals surface area contributed by atoms with Crippen molar-refractivity contribution in [3.63, 3.8) is 0 Å². The molecular formula is C14H19IN2O4. The molecule has 2 atom stereocenters. The van der Waals surface area contributed by atoms with Crippen LogP contribution in [0.5, 0.6) is 5.75 Å². The number of likely N-dealkylation sites (N-methyl/N-ethyl adjacent to an activating group) is 1. The number of carboxylic acids is 1. The third-order valence-electron chi connectivity index (χ3n) is 2.99. The van der Waals surface area contributed by atoms with Gasteiger partial charge in [0, 0.05) is 0 Å². The maximum atomic E-state index is 12.3.